The van der Waals surface area contributed by atoms with Crippen molar-refractivity contribution < 1.29 is 27.1 Å². The zero-order chi connectivity index (χ0) is 12.2. The average molecular weight is 236 g/mol. The molecule has 0 atom stereocenters. The maximum Gasteiger partial charge on any atom is 0.573 e. The number of hydrogen-bond acceptors (Lipinski definition) is 2. The van der Waals surface area contributed by atoms with Crippen molar-refractivity contribution in [3.8, 4) is 5.75 Å². The van der Waals surface area contributed by atoms with Gasteiger partial charge in [-0.25, -0.2) is 4.39 Å². The lowest BCUT2D eigenvalue weighted by atomic mass is 10.1. The van der Waals surface area contributed by atoms with E-state index in [2.05, 4.69) is 4.74 Å². The second-order valence-electron chi connectivity index (χ2n) is 3.01. The molecule has 0 radical (unpaired) electrons. The summed E-state index contributed by atoms with van der Waals surface area (Å²) < 4.78 is 52.3. The third-order valence-corrected chi connectivity index (χ3v) is 1.79. The van der Waals surface area contributed by atoms with Gasteiger partial charge in [0.15, 0.2) is 0 Å². The molecule has 0 saturated carbocycles. The molecule has 0 aromatic heterocycles. The topological polar surface area (TPSA) is 26.3 Å². The van der Waals surface area contributed by atoms with Crippen LogP contribution in [0.2, 0.25) is 0 Å². The molecule has 0 heterocycles. The molecule has 1 aromatic carbocycles. The Morgan fingerprint density at radius 3 is 2.56 bits per heavy atom. The average Bonchev–Trinajstić information content (AvgIpc) is 2.14. The third-order valence-electron chi connectivity index (χ3n) is 1.79. The summed E-state index contributed by atoms with van der Waals surface area (Å²) in [5.74, 6) is -1.43. The molecule has 0 aliphatic rings. The molecule has 0 amide bonds. The van der Waals surface area contributed by atoms with E-state index in [9.17, 15) is 22.4 Å². The Morgan fingerprint density at radius 1 is 1.31 bits per heavy atom. The molecule has 0 bridgehead atoms. The highest BCUT2D eigenvalue weighted by Crippen LogP contribution is 2.27. The van der Waals surface area contributed by atoms with Gasteiger partial charge in [-0.1, -0.05) is 6.07 Å². The van der Waals surface area contributed by atoms with Gasteiger partial charge in [-0.2, -0.15) is 0 Å². The monoisotopic (exact) mass is 236 g/mol. The molecule has 1 aromatic rings. The van der Waals surface area contributed by atoms with E-state index in [-0.39, 0.29) is 18.4 Å². The summed E-state index contributed by atoms with van der Waals surface area (Å²) >= 11 is 0. The first kappa shape index (κ1) is 12.5. The van der Waals surface area contributed by atoms with Crippen molar-refractivity contribution in [3.05, 3.63) is 29.6 Å². The van der Waals surface area contributed by atoms with Crippen LogP contribution in [0.3, 0.4) is 0 Å². The number of ether oxygens (including phenoxy) is 1. The number of carbonyl (C=O) groups is 1. The van der Waals surface area contributed by atoms with E-state index in [1.165, 1.54) is 6.07 Å². The van der Waals surface area contributed by atoms with Crippen molar-refractivity contribution in [2.45, 2.75) is 19.2 Å². The molecule has 0 N–H and O–H groups in total. The fraction of sp³-hybridized carbons (Fsp3) is 0.300. The molecule has 1 rings (SSSR count). The van der Waals surface area contributed by atoms with Crippen LogP contribution in [-0.2, 0) is 11.2 Å². The summed E-state index contributed by atoms with van der Waals surface area (Å²) in [6.45, 7) is 0. The highest BCUT2D eigenvalue weighted by molar-refractivity contribution is 5.51. The maximum atomic E-state index is 12.7. The summed E-state index contributed by atoms with van der Waals surface area (Å²) in [4.78, 5) is 10.1. The van der Waals surface area contributed by atoms with Gasteiger partial charge in [0.2, 0.25) is 0 Å². The lowest BCUT2D eigenvalue weighted by Crippen LogP contribution is -2.18. The van der Waals surface area contributed by atoms with Crippen LogP contribution in [0.15, 0.2) is 18.2 Å². The fourth-order valence-electron chi connectivity index (χ4n) is 1.17. The molecule has 6 heteroatoms. The van der Waals surface area contributed by atoms with Gasteiger partial charge >= 0.3 is 6.36 Å². The predicted molar refractivity (Wildman–Crippen MR) is 47.5 cm³/mol. The van der Waals surface area contributed by atoms with Crippen LogP contribution < -0.4 is 4.74 Å². The number of aryl methyl sites for hydroxylation is 1. The molecule has 0 aliphatic carbocycles. The number of alkyl halides is 3. The summed E-state index contributed by atoms with van der Waals surface area (Å²) in [5.41, 5.74) is 0.144. The molecular weight excluding hydrogens is 228 g/mol. The highest BCUT2D eigenvalue weighted by Gasteiger charge is 2.32. The summed E-state index contributed by atoms with van der Waals surface area (Å²) in [6.07, 6.45) is -4.17. The second-order valence-corrected chi connectivity index (χ2v) is 3.01. The van der Waals surface area contributed by atoms with Gasteiger partial charge in [0.1, 0.15) is 17.9 Å². The molecule has 0 fully saturated rings. The summed E-state index contributed by atoms with van der Waals surface area (Å²) in [6, 6.07) is 2.83. The van der Waals surface area contributed by atoms with Crippen LogP contribution >= 0.6 is 0 Å². The first-order valence-electron chi connectivity index (χ1n) is 4.40. The molecular formula is C10H8F4O2. The van der Waals surface area contributed by atoms with E-state index in [0.717, 1.165) is 6.07 Å². The normalized spacial score (nSPS) is 11.2. The number of carbonyl (C=O) groups excluding carboxylic acids is 1. The number of aldehydes is 1. The molecule has 88 valence electrons. The smallest absolute Gasteiger partial charge is 0.405 e. The van der Waals surface area contributed by atoms with Crippen LogP contribution in [0.25, 0.3) is 0 Å². The van der Waals surface area contributed by atoms with E-state index in [1.54, 1.807) is 0 Å². The van der Waals surface area contributed by atoms with E-state index in [4.69, 9.17) is 0 Å². The lowest BCUT2D eigenvalue weighted by Gasteiger charge is -2.12. The van der Waals surface area contributed by atoms with Crippen molar-refractivity contribution in [2.75, 3.05) is 0 Å². The summed E-state index contributed by atoms with van der Waals surface area (Å²) in [5, 5.41) is 0. The van der Waals surface area contributed by atoms with Gasteiger partial charge in [0.25, 0.3) is 0 Å². The minimum absolute atomic E-state index is 0.0554. The standard InChI is InChI=1S/C10H8F4O2/c11-8-4-3-7(2-1-5-15)9(6-8)16-10(12,13)14/h3-6H,1-2H2. The van der Waals surface area contributed by atoms with Crippen molar-refractivity contribution in [3.63, 3.8) is 0 Å². The summed E-state index contributed by atoms with van der Waals surface area (Å²) in [7, 11) is 0. The van der Waals surface area contributed by atoms with Crippen LogP contribution in [0.5, 0.6) is 5.75 Å². The fourth-order valence-corrected chi connectivity index (χ4v) is 1.17. The van der Waals surface area contributed by atoms with Crippen molar-refractivity contribution >= 4 is 6.29 Å². The van der Waals surface area contributed by atoms with Crippen LogP contribution in [0, 0.1) is 5.82 Å². The number of halogens is 4. The predicted octanol–water partition coefficient (Wildman–Crippen LogP) is 2.86. The minimum Gasteiger partial charge on any atom is -0.405 e. The quantitative estimate of drug-likeness (QED) is 0.593. The molecule has 0 spiro atoms. The van der Waals surface area contributed by atoms with E-state index < -0.39 is 17.9 Å². The Hall–Kier alpha value is -1.59. The Kier molecular flexibility index (Phi) is 3.87. The second kappa shape index (κ2) is 4.96. The molecule has 0 aliphatic heterocycles. The van der Waals surface area contributed by atoms with Crippen LogP contribution in [0.1, 0.15) is 12.0 Å². The molecule has 16 heavy (non-hydrogen) atoms. The van der Waals surface area contributed by atoms with Crippen molar-refractivity contribution in [1.82, 2.24) is 0 Å². The number of benzene rings is 1. The van der Waals surface area contributed by atoms with Crippen molar-refractivity contribution in [2.24, 2.45) is 0 Å². The molecule has 2 nitrogen and oxygen atoms in total. The van der Waals surface area contributed by atoms with Crippen LogP contribution in [-0.4, -0.2) is 12.6 Å². The Morgan fingerprint density at radius 2 is 2.00 bits per heavy atom. The zero-order valence-electron chi connectivity index (χ0n) is 8.05. The minimum atomic E-state index is -4.87. The van der Waals surface area contributed by atoms with Gasteiger partial charge in [-0.15, -0.1) is 13.2 Å². The largest absolute Gasteiger partial charge is 0.573 e. The highest BCUT2D eigenvalue weighted by atomic mass is 19.4. The first-order valence-corrected chi connectivity index (χ1v) is 4.40. The Labute approximate surface area is 88.8 Å². The van der Waals surface area contributed by atoms with E-state index >= 15 is 0 Å². The van der Waals surface area contributed by atoms with Gasteiger partial charge < -0.3 is 9.53 Å². The van der Waals surface area contributed by atoms with Gasteiger partial charge in [-0.3, -0.25) is 0 Å². The number of hydrogen-bond donors (Lipinski definition) is 0. The van der Waals surface area contributed by atoms with Gasteiger partial charge in [0, 0.05) is 12.5 Å². The van der Waals surface area contributed by atoms with Gasteiger partial charge in [-0.05, 0) is 18.1 Å². The van der Waals surface area contributed by atoms with Gasteiger partial charge in [0.05, 0.1) is 0 Å². The Balaban J connectivity index is 2.93. The molecule has 0 saturated heterocycles. The maximum absolute atomic E-state index is 12.7. The zero-order valence-corrected chi connectivity index (χ0v) is 8.05. The van der Waals surface area contributed by atoms with E-state index in [1.807, 2.05) is 0 Å². The van der Waals surface area contributed by atoms with E-state index in [0.29, 0.717) is 12.4 Å². The third kappa shape index (κ3) is 3.88. The first-order chi connectivity index (χ1) is 7.42. The van der Waals surface area contributed by atoms with Crippen LogP contribution in [0.4, 0.5) is 17.6 Å². The molecule has 0 unspecified atom stereocenters. The Bertz CT molecular complexity index is 374. The van der Waals surface area contributed by atoms with Crippen molar-refractivity contribution in [1.29, 1.82) is 0 Å². The lowest BCUT2D eigenvalue weighted by molar-refractivity contribution is -0.274. The SMILES string of the molecule is O=CCCc1ccc(F)cc1OC(F)(F)F. The number of rotatable bonds is 4.